The van der Waals surface area contributed by atoms with Gasteiger partial charge < -0.3 is 10.3 Å². The smallest absolute Gasteiger partial charge is 0.268 e. The van der Waals surface area contributed by atoms with E-state index in [9.17, 15) is 4.79 Å². The second-order valence-electron chi connectivity index (χ2n) is 5.06. The second kappa shape index (κ2) is 5.64. The summed E-state index contributed by atoms with van der Waals surface area (Å²) < 4.78 is 1.95. The summed E-state index contributed by atoms with van der Waals surface area (Å²) in [7, 11) is 0. The van der Waals surface area contributed by atoms with Crippen molar-refractivity contribution in [1.82, 2.24) is 24.7 Å². The molecule has 4 rings (SSSR count). The normalized spacial score (nSPS) is 11.2. The Bertz CT molecular complexity index is 948. The monoisotopic (exact) mass is 343 g/mol. The van der Waals surface area contributed by atoms with E-state index >= 15 is 0 Å². The van der Waals surface area contributed by atoms with E-state index in [4.69, 9.17) is 0 Å². The van der Waals surface area contributed by atoms with E-state index in [1.807, 2.05) is 40.5 Å². The molecule has 0 aromatic carbocycles. The lowest BCUT2D eigenvalue weighted by atomic mass is 10.2. The van der Waals surface area contributed by atoms with Crippen LogP contribution in [0.1, 0.15) is 21.2 Å². The maximum absolute atomic E-state index is 12.2. The van der Waals surface area contributed by atoms with Gasteiger partial charge >= 0.3 is 0 Å². The highest BCUT2D eigenvalue weighted by Crippen LogP contribution is 2.22. The number of hydrogen-bond donors (Lipinski definition) is 2. The predicted molar refractivity (Wildman–Crippen MR) is 90.9 cm³/mol. The Kier molecular flexibility index (Phi) is 3.47. The number of imidazole rings is 1. The molecule has 0 fully saturated rings. The third-order valence-corrected chi connectivity index (χ3v) is 4.96. The summed E-state index contributed by atoms with van der Waals surface area (Å²) in [5.41, 5.74) is 3.16. The number of amides is 1. The Morgan fingerprint density at radius 1 is 1.39 bits per heavy atom. The van der Waals surface area contributed by atoms with Gasteiger partial charge in [0.2, 0.25) is 0 Å². The number of aromatic amines is 1. The molecule has 0 radical (unpaired) electrons. The minimum Gasteiger partial charge on any atom is -0.357 e. The fraction of sp³-hybridized carbons (Fsp3) is 0.133. The topological polar surface area (TPSA) is 75.1 Å². The van der Waals surface area contributed by atoms with Gasteiger partial charge in [-0.2, -0.15) is 0 Å². The molecule has 2 N–H and O–H groups in total. The van der Waals surface area contributed by atoms with Gasteiger partial charge in [-0.1, -0.05) is 0 Å². The molecular formula is C15H13N5OS2. The number of carbonyl (C=O) groups excluding carboxylic acids is 1. The summed E-state index contributed by atoms with van der Waals surface area (Å²) >= 11 is 3.16. The van der Waals surface area contributed by atoms with Crippen LogP contribution in [-0.4, -0.2) is 25.3 Å². The molecule has 8 heteroatoms. The fourth-order valence-electron chi connectivity index (χ4n) is 2.30. The largest absolute Gasteiger partial charge is 0.357 e. The van der Waals surface area contributed by atoms with Crippen LogP contribution in [0.5, 0.6) is 0 Å². The van der Waals surface area contributed by atoms with Crippen molar-refractivity contribution in [3.8, 4) is 11.3 Å². The summed E-state index contributed by atoms with van der Waals surface area (Å²) in [6.07, 6.45) is 5.67. The molecule has 0 bridgehead atoms. The first-order valence-electron chi connectivity index (χ1n) is 6.99. The molecule has 0 atom stereocenters. The quantitative estimate of drug-likeness (QED) is 0.598. The molecule has 0 aliphatic rings. The van der Waals surface area contributed by atoms with Gasteiger partial charge in [0, 0.05) is 34.9 Å². The van der Waals surface area contributed by atoms with Crippen LogP contribution >= 0.6 is 22.7 Å². The van der Waals surface area contributed by atoms with Crippen molar-refractivity contribution in [2.24, 2.45) is 0 Å². The Hall–Kier alpha value is -2.45. The first-order chi connectivity index (χ1) is 11.2. The number of nitrogens with one attached hydrogen (secondary N) is 2. The molecule has 0 saturated heterocycles. The number of rotatable bonds is 4. The predicted octanol–water partition coefficient (Wildman–Crippen LogP) is 3.09. The average Bonchev–Trinajstić information content (AvgIpc) is 3.27. The van der Waals surface area contributed by atoms with Crippen LogP contribution in [0.2, 0.25) is 0 Å². The zero-order valence-corrected chi connectivity index (χ0v) is 13.9. The molecule has 0 unspecified atom stereocenters. The van der Waals surface area contributed by atoms with E-state index in [1.165, 1.54) is 0 Å². The highest BCUT2D eigenvalue weighted by molar-refractivity contribution is 7.15. The van der Waals surface area contributed by atoms with Gasteiger partial charge in [0.05, 0.1) is 22.9 Å². The van der Waals surface area contributed by atoms with Crippen LogP contribution in [-0.2, 0) is 6.54 Å². The summed E-state index contributed by atoms with van der Waals surface area (Å²) in [4.78, 5) is 25.0. The first kappa shape index (κ1) is 14.2. The number of fused-ring (bicyclic) bond motifs is 1. The number of H-pyrrole nitrogens is 1. The maximum atomic E-state index is 12.2. The summed E-state index contributed by atoms with van der Waals surface area (Å²) in [5.74, 6) is -0.153. The van der Waals surface area contributed by atoms with Crippen LogP contribution in [0.25, 0.3) is 16.2 Å². The van der Waals surface area contributed by atoms with E-state index in [0.717, 1.165) is 26.9 Å². The third-order valence-electron chi connectivity index (χ3n) is 3.42. The SMILES string of the molecule is Cc1nc(-c2c[nH]c(C(=O)NCc3cn4ccsc4n3)c2)cs1. The molecular weight excluding hydrogens is 330 g/mol. The number of aryl methyl sites for hydroxylation is 1. The Morgan fingerprint density at radius 2 is 2.30 bits per heavy atom. The minimum absolute atomic E-state index is 0.153. The van der Waals surface area contributed by atoms with E-state index in [2.05, 4.69) is 20.3 Å². The number of nitrogens with zero attached hydrogens (tertiary/aromatic N) is 3. The van der Waals surface area contributed by atoms with Crippen molar-refractivity contribution in [3.63, 3.8) is 0 Å². The molecule has 116 valence electrons. The van der Waals surface area contributed by atoms with Crippen LogP contribution < -0.4 is 5.32 Å². The summed E-state index contributed by atoms with van der Waals surface area (Å²) in [5, 5.41) is 7.84. The first-order valence-corrected chi connectivity index (χ1v) is 8.75. The Morgan fingerprint density at radius 3 is 3.09 bits per heavy atom. The average molecular weight is 343 g/mol. The number of hydrogen-bond acceptors (Lipinski definition) is 5. The van der Waals surface area contributed by atoms with Gasteiger partial charge in [0.25, 0.3) is 5.91 Å². The van der Waals surface area contributed by atoms with Crippen molar-refractivity contribution in [2.45, 2.75) is 13.5 Å². The lowest BCUT2D eigenvalue weighted by Crippen LogP contribution is -2.23. The highest BCUT2D eigenvalue weighted by atomic mass is 32.1. The van der Waals surface area contributed by atoms with Crippen molar-refractivity contribution in [1.29, 1.82) is 0 Å². The van der Waals surface area contributed by atoms with Crippen molar-refractivity contribution in [2.75, 3.05) is 0 Å². The Balaban J connectivity index is 1.44. The number of carbonyl (C=O) groups is 1. The Labute approximate surface area is 139 Å². The maximum Gasteiger partial charge on any atom is 0.268 e. The summed E-state index contributed by atoms with van der Waals surface area (Å²) in [6.45, 7) is 2.36. The number of thiazole rings is 2. The van der Waals surface area contributed by atoms with Crippen LogP contribution in [0.4, 0.5) is 0 Å². The zero-order chi connectivity index (χ0) is 15.8. The van der Waals surface area contributed by atoms with Gasteiger partial charge in [0.1, 0.15) is 5.69 Å². The van der Waals surface area contributed by atoms with Gasteiger partial charge in [-0.05, 0) is 13.0 Å². The summed E-state index contributed by atoms with van der Waals surface area (Å²) in [6, 6.07) is 1.82. The molecule has 1 amide bonds. The molecule has 0 spiro atoms. The van der Waals surface area contributed by atoms with Gasteiger partial charge in [-0.3, -0.25) is 9.20 Å². The molecule has 6 nitrogen and oxygen atoms in total. The van der Waals surface area contributed by atoms with Crippen molar-refractivity contribution >= 4 is 33.5 Å². The molecule has 4 aromatic heterocycles. The highest BCUT2D eigenvalue weighted by Gasteiger charge is 2.12. The standard InChI is InChI=1S/C15H13N5OS2/c1-9-18-13(8-23-9)10-4-12(16-5-10)14(21)17-6-11-7-20-2-3-22-15(20)19-11/h2-5,7-8,16H,6H2,1H3,(H,17,21). The van der Waals surface area contributed by atoms with E-state index in [0.29, 0.717) is 12.2 Å². The van der Waals surface area contributed by atoms with Crippen LogP contribution in [0.15, 0.2) is 35.4 Å². The van der Waals surface area contributed by atoms with E-state index in [-0.39, 0.29) is 5.91 Å². The van der Waals surface area contributed by atoms with Gasteiger partial charge in [-0.25, -0.2) is 9.97 Å². The zero-order valence-electron chi connectivity index (χ0n) is 12.2. The van der Waals surface area contributed by atoms with Crippen LogP contribution in [0.3, 0.4) is 0 Å². The number of aromatic nitrogens is 4. The fourth-order valence-corrected chi connectivity index (χ4v) is 3.64. The molecule has 23 heavy (non-hydrogen) atoms. The minimum atomic E-state index is -0.153. The molecule has 0 aliphatic heterocycles. The van der Waals surface area contributed by atoms with Gasteiger partial charge in [-0.15, -0.1) is 22.7 Å². The van der Waals surface area contributed by atoms with Crippen LogP contribution in [0, 0.1) is 6.92 Å². The van der Waals surface area contributed by atoms with Crippen molar-refractivity contribution < 1.29 is 4.79 Å². The lowest BCUT2D eigenvalue weighted by molar-refractivity contribution is 0.0946. The second-order valence-corrected chi connectivity index (χ2v) is 7.00. The van der Waals surface area contributed by atoms with Crippen molar-refractivity contribution in [3.05, 3.63) is 51.8 Å². The lowest BCUT2D eigenvalue weighted by Gasteiger charge is -2.00. The van der Waals surface area contributed by atoms with E-state index < -0.39 is 0 Å². The molecule has 4 aromatic rings. The third kappa shape index (κ3) is 2.78. The molecule has 0 aliphatic carbocycles. The molecule has 0 saturated carbocycles. The molecule has 4 heterocycles. The van der Waals surface area contributed by atoms with E-state index in [1.54, 1.807) is 28.9 Å². The van der Waals surface area contributed by atoms with Gasteiger partial charge in [0.15, 0.2) is 4.96 Å².